The Morgan fingerprint density at radius 3 is 2.67 bits per heavy atom. The molecule has 6 nitrogen and oxygen atoms in total. The number of carboxylic acid groups (broad SMARTS) is 1. The van der Waals surface area contributed by atoms with Gasteiger partial charge in [0.1, 0.15) is 6.04 Å². The quantitative estimate of drug-likeness (QED) is 0.873. The first-order valence-corrected chi connectivity index (χ1v) is 6.87. The number of benzene rings is 1. The van der Waals surface area contributed by atoms with Crippen molar-refractivity contribution in [3.63, 3.8) is 0 Å². The zero-order chi connectivity index (χ0) is 15.6. The predicted molar refractivity (Wildman–Crippen MR) is 76.8 cm³/mol. The fraction of sp³-hybridized carbons (Fsp3) is 0.467. The molecule has 0 radical (unpaired) electrons. The number of carbonyl (C=O) groups excluding carboxylic acids is 1. The zero-order valence-electron chi connectivity index (χ0n) is 12.2. The van der Waals surface area contributed by atoms with Gasteiger partial charge in [-0.2, -0.15) is 0 Å². The maximum absolute atomic E-state index is 12.4. The van der Waals surface area contributed by atoms with Gasteiger partial charge in [0.05, 0.1) is 6.10 Å². The highest BCUT2D eigenvalue weighted by atomic mass is 16.4. The van der Waals surface area contributed by atoms with Crippen molar-refractivity contribution in [1.29, 1.82) is 0 Å². The number of hydrogen-bond donors (Lipinski definition) is 2. The van der Waals surface area contributed by atoms with Crippen molar-refractivity contribution in [2.24, 2.45) is 0 Å². The van der Waals surface area contributed by atoms with Crippen molar-refractivity contribution >= 4 is 12.0 Å². The smallest absolute Gasteiger partial charge is 0.326 e. The van der Waals surface area contributed by atoms with Crippen LogP contribution in [0.25, 0.3) is 0 Å². The van der Waals surface area contributed by atoms with E-state index in [0.717, 1.165) is 11.1 Å². The average Bonchev–Trinajstić information content (AvgIpc) is 2.82. The van der Waals surface area contributed by atoms with E-state index >= 15 is 0 Å². The van der Waals surface area contributed by atoms with Gasteiger partial charge >= 0.3 is 12.0 Å². The molecule has 21 heavy (non-hydrogen) atoms. The molecule has 2 amide bonds. The Labute approximate surface area is 123 Å². The Bertz CT molecular complexity index is 546. The molecule has 1 aromatic rings. The lowest BCUT2D eigenvalue weighted by Gasteiger charge is -2.27. The molecule has 6 heteroatoms. The summed E-state index contributed by atoms with van der Waals surface area (Å²) in [7, 11) is 1.64. The number of amides is 2. The van der Waals surface area contributed by atoms with Gasteiger partial charge in [-0.3, -0.25) is 0 Å². The molecule has 0 unspecified atom stereocenters. The van der Waals surface area contributed by atoms with Crippen LogP contribution in [0.5, 0.6) is 0 Å². The van der Waals surface area contributed by atoms with Gasteiger partial charge in [-0.1, -0.05) is 24.3 Å². The number of carboxylic acids is 1. The molecule has 1 aliphatic heterocycles. The monoisotopic (exact) mass is 292 g/mol. The molecule has 2 rings (SSSR count). The minimum atomic E-state index is -1.08. The molecule has 0 aliphatic carbocycles. The SMILES string of the molecule is Cc1ccccc1CN(C)C(=O)N1C[C@@H](O)C[C@H]1C(=O)O. The van der Waals surface area contributed by atoms with Crippen LogP contribution in [-0.2, 0) is 11.3 Å². The van der Waals surface area contributed by atoms with E-state index in [-0.39, 0.29) is 19.0 Å². The van der Waals surface area contributed by atoms with Gasteiger partial charge in [-0.15, -0.1) is 0 Å². The van der Waals surface area contributed by atoms with Gasteiger partial charge in [0, 0.05) is 26.6 Å². The molecule has 1 aliphatic rings. The van der Waals surface area contributed by atoms with E-state index in [9.17, 15) is 14.7 Å². The number of aliphatic carboxylic acids is 1. The first-order valence-electron chi connectivity index (χ1n) is 6.87. The molecule has 114 valence electrons. The standard InChI is InChI=1S/C15H20N2O4/c1-10-5-3-4-6-11(10)8-16(2)15(21)17-9-12(18)7-13(17)14(19)20/h3-6,12-13,18H,7-9H2,1-2H3,(H,19,20)/t12-,13-/m0/s1. The summed E-state index contributed by atoms with van der Waals surface area (Å²) in [4.78, 5) is 26.3. The molecule has 0 saturated carbocycles. The van der Waals surface area contributed by atoms with Crippen LogP contribution < -0.4 is 0 Å². The average molecular weight is 292 g/mol. The van der Waals surface area contributed by atoms with Gasteiger partial charge < -0.3 is 20.0 Å². The third-order valence-corrected chi connectivity index (χ3v) is 3.81. The fourth-order valence-corrected chi connectivity index (χ4v) is 2.59. The summed E-state index contributed by atoms with van der Waals surface area (Å²) < 4.78 is 0. The number of urea groups is 1. The van der Waals surface area contributed by atoms with Gasteiger partial charge in [0.25, 0.3) is 0 Å². The predicted octanol–water partition coefficient (Wildman–Crippen LogP) is 1.07. The van der Waals surface area contributed by atoms with Gasteiger partial charge in [0.2, 0.25) is 0 Å². The Morgan fingerprint density at radius 2 is 2.05 bits per heavy atom. The molecule has 1 aromatic carbocycles. The first kappa shape index (κ1) is 15.3. The van der Waals surface area contributed by atoms with E-state index in [1.807, 2.05) is 31.2 Å². The Morgan fingerprint density at radius 1 is 1.38 bits per heavy atom. The van der Waals surface area contributed by atoms with E-state index in [0.29, 0.717) is 6.54 Å². The van der Waals surface area contributed by atoms with Crippen molar-refractivity contribution in [3.8, 4) is 0 Å². The topological polar surface area (TPSA) is 81.1 Å². The van der Waals surface area contributed by atoms with Crippen LogP contribution in [0.4, 0.5) is 4.79 Å². The number of hydrogen-bond acceptors (Lipinski definition) is 3. The highest BCUT2D eigenvalue weighted by Crippen LogP contribution is 2.20. The Hall–Kier alpha value is -2.08. The molecule has 0 aromatic heterocycles. The Kier molecular flexibility index (Phi) is 4.47. The third kappa shape index (κ3) is 3.33. The normalized spacial score (nSPS) is 21.4. The second kappa shape index (κ2) is 6.13. The fourth-order valence-electron chi connectivity index (χ4n) is 2.59. The summed E-state index contributed by atoms with van der Waals surface area (Å²) in [5.41, 5.74) is 2.09. The molecule has 1 heterocycles. The second-order valence-corrected chi connectivity index (χ2v) is 5.46. The highest BCUT2D eigenvalue weighted by Gasteiger charge is 2.40. The van der Waals surface area contributed by atoms with Gasteiger partial charge in [0.15, 0.2) is 0 Å². The maximum Gasteiger partial charge on any atom is 0.326 e. The third-order valence-electron chi connectivity index (χ3n) is 3.81. The maximum atomic E-state index is 12.4. The molecule has 0 bridgehead atoms. The second-order valence-electron chi connectivity index (χ2n) is 5.46. The van der Waals surface area contributed by atoms with Gasteiger partial charge in [-0.25, -0.2) is 9.59 Å². The number of aryl methyl sites for hydroxylation is 1. The lowest BCUT2D eigenvalue weighted by Crippen LogP contribution is -2.46. The van der Waals surface area contributed by atoms with Crippen molar-refractivity contribution in [1.82, 2.24) is 9.80 Å². The lowest BCUT2D eigenvalue weighted by atomic mass is 10.1. The molecule has 2 N–H and O–H groups in total. The number of nitrogens with zero attached hydrogens (tertiary/aromatic N) is 2. The summed E-state index contributed by atoms with van der Waals surface area (Å²) in [6, 6.07) is 6.41. The van der Waals surface area contributed by atoms with E-state index in [4.69, 9.17) is 5.11 Å². The lowest BCUT2D eigenvalue weighted by molar-refractivity contribution is -0.141. The first-order chi connectivity index (χ1) is 9.90. The minimum Gasteiger partial charge on any atom is -0.480 e. The van der Waals surface area contributed by atoms with Crippen LogP contribution in [0.1, 0.15) is 17.5 Å². The number of likely N-dealkylation sites (tertiary alicyclic amines) is 1. The van der Waals surface area contributed by atoms with Crippen molar-refractivity contribution in [2.75, 3.05) is 13.6 Å². The summed E-state index contributed by atoms with van der Waals surface area (Å²) in [6.45, 7) is 2.44. The zero-order valence-corrected chi connectivity index (χ0v) is 12.2. The molecule has 0 spiro atoms. The summed E-state index contributed by atoms with van der Waals surface area (Å²) >= 11 is 0. The Balaban J connectivity index is 2.08. The van der Waals surface area contributed by atoms with E-state index in [1.165, 1.54) is 9.80 Å². The van der Waals surface area contributed by atoms with Crippen LogP contribution in [0.3, 0.4) is 0 Å². The molecule has 2 atom stereocenters. The van der Waals surface area contributed by atoms with Crippen LogP contribution in [0.2, 0.25) is 0 Å². The number of β-amino-alcohol motifs (C(OH)–C–C–N with tert-alkyl or cyclic N) is 1. The van der Waals surface area contributed by atoms with Crippen molar-refractivity contribution < 1.29 is 19.8 Å². The number of carbonyl (C=O) groups is 2. The van der Waals surface area contributed by atoms with Crippen LogP contribution in [0.15, 0.2) is 24.3 Å². The van der Waals surface area contributed by atoms with Crippen LogP contribution >= 0.6 is 0 Å². The summed E-state index contributed by atoms with van der Waals surface area (Å²) in [5.74, 6) is -1.08. The van der Waals surface area contributed by atoms with Gasteiger partial charge in [-0.05, 0) is 18.1 Å². The highest BCUT2D eigenvalue weighted by molar-refractivity contribution is 5.83. The van der Waals surface area contributed by atoms with E-state index in [2.05, 4.69) is 0 Å². The molecule has 1 saturated heterocycles. The number of aliphatic hydroxyl groups excluding tert-OH is 1. The molecular weight excluding hydrogens is 272 g/mol. The van der Waals surface area contributed by atoms with E-state index in [1.54, 1.807) is 7.05 Å². The van der Waals surface area contributed by atoms with Crippen LogP contribution in [-0.4, -0.2) is 57.8 Å². The number of rotatable bonds is 3. The molecule has 1 fully saturated rings. The largest absolute Gasteiger partial charge is 0.480 e. The van der Waals surface area contributed by atoms with Crippen LogP contribution in [0, 0.1) is 6.92 Å². The van der Waals surface area contributed by atoms with Crippen molar-refractivity contribution in [3.05, 3.63) is 35.4 Å². The number of aliphatic hydroxyl groups is 1. The molecular formula is C15H20N2O4. The van der Waals surface area contributed by atoms with E-state index < -0.39 is 18.1 Å². The summed E-state index contributed by atoms with van der Waals surface area (Å²) in [6.07, 6.45) is -0.693. The summed E-state index contributed by atoms with van der Waals surface area (Å²) in [5, 5.41) is 18.8. The minimum absolute atomic E-state index is 0.0634. The van der Waals surface area contributed by atoms with Crippen molar-refractivity contribution in [2.45, 2.75) is 32.0 Å².